The monoisotopic (exact) mass is 324 g/mol. The molecule has 0 spiro atoms. The fraction of sp³-hybridized carbons (Fsp3) is 0.562. The SMILES string of the molecule is CC(C)NC(=O)N1CCCC(CS(=O)(=O)c2ccccc2)C1. The van der Waals surface area contributed by atoms with Crippen LogP contribution in [0.2, 0.25) is 0 Å². The molecule has 0 saturated carbocycles. The zero-order valence-corrected chi connectivity index (χ0v) is 14.0. The summed E-state index contributed by atoms with van der Waals surface area (Å²) in [5.74, 6) is 0.0968. The summed E-state index contributed by atoms with van der Waals surface area (Å²) in [6.07, 6.45) is 1.69. The van der Waals surface area contributed by atoms with Gasteiger partial charge in [-0.15, -0.1) is 0 Å². The molecule has 122 valence electrons. The van der Waals surface area contributed by atoms with E-state index < -0.39 is 9.84 Å². The third kappa shape index (κ3) is 4.47. The molecule has 1 saturated heterocycles. The van der Waals surface area contributed by atoms with E-state index >= 15 is 0 Å². The van der Waals surface area contributed by atoms with E-state index in [9.17, 15) is 13.2 Å². The smallest absolute Gasteiger partial charge is 0.317 e. The number of urea groups is 1. The standard InChI is InChI=1S/C16H24N2O3S/c1-13(2)17-16(19)18-10-6-7-14(11-18)12-22(20,21)15-8-4-3-5-9-15/h3-5,8-9,13-14H,6-7,10-12H2,1-2H3,(H,17,19). The number of nitrogens with zero attached hydrogens (tertiary/aromatic N) is 1. The molecule has 0 aliphatic carbocycles. The molecule has 0 radical (unpaired) electrons. The summed E-state index contributed by atoms with van der Waals surface area (Å²) in [4.78, 5) is 14.1. The van der Waals surface area contributed by atoms with E-state index in [1.54, 1.807) is 35.2 Å². The van der Waals surface area contributed by atoms with Gasteiger partial charge in [-0.2, -0.15) is 0 Å². The Morgan fingerprint density at radius 2 is 2.00 bits per heavy atom. The van der Waals surface area contributed by atoms with Crippen molar-refractivity contribution in [3.8, 4) is 0 Å². The second-order valence-electron chi connectivity index (χ2n) is 6.15. The van der Waals surface area contributed by atoms with Crippen LogP contribution in [-0.4, -0.2) is 44.2 Å². The number of benzene rings is 1. The summed E-state index contributed by atoms with van der Waals surface area (Å²) >= 11 is 0. The zero-order valence-electron chi connectivity index (χ0n) is 13.2. The van der Waals surface area contributed by atoms with Crippen LogP contribution in [0.25, 0.3) is 0 Å². The van der Waals surface area contributed by atoms with Crippen LogP contribution in [0.1, 0.15) is 26.7 Å². The quantitative estimate of drug-likeness (QED) is 0.924. The Bertz CT molecular complexity index is 599. The number of nitrogens with one attached hydrogen (secondary N) is 1. The molecule has 5 nitrogen and oxygen atoms in total. The lowest BCUT2D eigenvalue weighted by molar-refractivity contribution is 0.168. The van der Waals surface area contributed by atoms with Crippen molar-refractivity contribution in [1.82, 2.24) is 10.2 Å². The molecule has 1 atom stereocenters. The highest BCUT2D eigenvalue weighted by Gasteiger charge is 2.28. The summed E-state index contributed by atoms with van der Waals surface area (Å²) in [5, 5.41) is 2.87. The fourth-order valence-electron chi connectivity index (χ4n) is 2.76. The molecule has 6 heteroatoms. The van der Waals surface area contributed by atoms with Gasteiger partial charge in [-0.1, -0.05) is 18.2 Å². The fourth-order valence-corrected chi connectivity index (χ4v) is 4.42. The van der Waals surface area contributed by atoms with Gasteiger partial charge in [0.05, 0.1) is 10.6 Å². The zero-order chi connectivity index (χ0) is 16.2. The summed E-state index contributed by atoms with van der Waals surface area (Å²) < 4.78 is 24.9. The molecular formula is C16H24N2O3S. The Morgan fingerprint density at radius 3 is 2.64 bits per heavy atom. The van der Waals surface area contributed by atoms with Crippen molar-refractivity contribution in [2.45, 2.75) is 37.6 Å². The van der Waals surface area contributed by atoms with Crippen LogP contribution in [0, 0.1) is 5.92 Å². The molecular weight excluding hydrogens is 300 g/mol. The van der Waals surface area contributed by atoms with Gasteiger partial charge >= 0.3 is 6.03 Å². The average Bonchev–Trinajstić information content (AvgIpc) is 2.47. The average molecular weight is 324 g/mol. The summed E-state index contributed by atoms with van der Waals surface area (Å²) in [7, 11) is -3.29. The third-order valence-corrected chi connectivity index (χ3v) is 5.68. The van der Waals surface area contributed by atoms with Gasteiger partial charge in [0.25, 0.3) is 0 Å². The van der Waals surface area contributed by atoms with Crippen LogP contribution < -0.4 is 5.32 Å². The Balaban J connectivity index is 2.00. The highest BCUT2D eigenvalue weighted by atomic mass is 32.2. The maximum atomic E-state index is 12.4. The lowest BCUT2D eigenvalue weighted by Gasteiger charge is -2.33. The maximum absolute atomic E-state index is 12.4. The molecule has 0 aromatic heterocycles. The second kappa shape index (κ2) is 7.13. The van der Waals surface area contributed by atoms with Crippen LogP contribution in [0.4, 0.5) is 4.79 Å². The number of carbonyl (C=O) groups excluding carboxylic acids is 1. The van der Waals surface area contributed by atoms with Crippen LogP contribution >= 0.6 is 0 Å². The first-order chi connectivity index (χ1) is 10.4. The van der Waals surface area contributed by atoms with Crippen molar-refractivity contribution in [2.75, 3.05) is 18.8 Å². The van der Waals surface area contributed by atoms with Crippen molar-refractivity contribution in [2.24, 2.45) is 5.92 Å². The number of likely N-dealkylation sites (tertiary alicyclic amines) is 1. The molecule has 2 amide bonds. The lowest BCUT2D eigenvalue weighted by atomic mass is 10.0. The number of amides is 2. The lowest BCUT2D eigenvalue weighted by Crippen LogP contribution is -2.48. The van der Waals surface area contributed by atoms with E-state index in [-0.39, 0.29) is 23.7 Å². The molecule has 1 aromatic carbocycles. The largest absolute Gasteiger partial charge is 0.336 e. The van der Waals surface area contributed by atoms with Crippen molar-refractivity contribution in [3.63, 3.8) is 0 Å². The summed E-state index contributed by atoms with van der Waals surface area (Å²) in [6.45, 7) is 5.03. The Kier molecular flexibility index (Phi) is 5.45. The first-order valence-corrected chi connectivity index (χ1v) is 9.37. The highest BCUT2D eigenvalue weighted by Crippen LogP contribution is 2.21. The maximum Gasteiger partial charge on any atom is 0.317 e. The van der Waals surface area contributed by atoms with Gasteiger partial charge < -0.3 is 10.2 Å². The summed E-state index contributed by atoms with van der Waals surface area (Å²) in [6, 6.07) is 8.50. The third-order valence-electron chi connectivity index (χ3n) is 3.78. The van der Waals surface area contributed by atoms with Crippen LogP contribution in [0.15, 0.2) is 35.2 Å². The van der Waals surface area contributed by atoms with E-state index in [2.05, 4.69) is 5.32 Å². The Morgan fingerprint density at radius 1 is 1.32 bits per heavy atom. The van der Waals surface area contributed by atoms with Crippen molar-refractivity contribution >= 4 is 15.9 Å². The Hall–Kier alpha value is -1.56. The van der Waals surface area contributed by atoms with E-state index in [4.69, 9.17) is 0 Å². The molecule has 1 aliphatic rings. The molecule has 2 rings (SSSR count). The van der Waals surface area contributed by atoms with E-state index in [1.807, 2.05) is 13.8 Å². The summed E-state index contributed by atoms with van der Waals surface area (Å²) in [5.41, 5.74) is 0. The predicted octanol–water partition coefficient (Wildman–Crippen LogP) is 2.29. The van der Waals surface area contributed by atoms with Gasteiger partial charge in [0, 0.05) is 19.1 Å². The first-order valence-electron chi connectivity index (χ1n) is 7.72. The van der Waals surface area contributed by atoms with Crippen molar-refractivity contribution in [3.05, 3.63) is 30.3 Å². The normalized spacial score (nSPS) is 19.2. The van der Waals surface area contributed by atoms with Gasteiger partial charge in [0.15, 0.2) is 9.84 Å². The molecule has 1 unspecified atom stereocenters. The molecule has 1 aliphatic heterocycles. The van der Waals surface area contributed by atoms with Crippen LogP contribution in [-0.2, 0) is 9.84 Å². The van der Waals surface area contributed by atoms with Crippen molar-refractivity contribution < 1.29 is 13.2 Å². The van der Waals surface area contributed by atoms with Crippen molar-refractivity contribution in [1.29, 1.82) is 0 Å². The minimum Gasteiger partial charge on any atom is -0.336 e. The number of carbonyl (C=O) groups is 1. The van der Waals surface area contributed by atoms with E-state index in [0.717, 1.165) is 12.8 Å². The number of hydrogen-bond acceptors (Lipinski definition) is 3. The molecule has 1 fully saturated rings. The van der Waals surface area contributed by atoms with Gasteiger partial charge in [-0.3, -0.25) is 0 Å². The minimum atomic E-state index is -3.29. The molecule has 1 aromatic rings. The molecule has 1 heterocycles. The second-order valence-corrected chi connectivity index (χ2v) is 8.19. The molecule has 22 heavy (non-hydrogen) atoms. The number of sulfone groups is 1. The molecule has 1 N–H and O–H groups in total. The number of piperidine rings is 1. The van der Waals surface area contributed by atoms with Gasteiger partial charge in [-0.05, 0) is 44.7 Å². The molecule has 0 bridgehead atoms. The van der Waals surface area contributed by atoms with Gasteiger partial charge in [0.1, 0.15) is 0 Å². The number of rotatable bonds is 4. The van der Waals surface area contributed by atoms with Crippen LogP contribution in [0.3, 0.4) is 0 Å². The predicted molar refractivity (Wildman–Crippen MR) is 86.5 cm³/mol. The first kappa shape index (κ1) is 16.8. The van der Waals surface area contributed by atoms with Gasteiger partial charge in [-0.25, -0.2) is 13.2 Å². The van der Waals surface area contributed by atoms with E-state index in [0.29, 0.717) is 18.0 Å². The van der Waals surface area contributed by atoms with E-state index in [1.165, 1.54) is 0 Å². The minimum absolute atomic E-state index is 0.00290. The topological polar surface area (TPSA) is 66.5 Å². The highest BCUT2D eigenvalue weighted by molar-refractivity contribution is 7.91. The Labute approximate surface area is 132 Å². The van der Waals surface area contributed by atoms with Crippen LogP contribution in [0.5, 0.6) is 0 Å². The van der Waals surface area contributed by atoms with Gasteiger partial charge in [0.2, 0.25) is 0 Å². The number of hydrogen-bond donors (Lipinski definition) is 1.